The maximum Gasteiger partial charge on any atom is 0.234 e. The highest BCUT2D eigenvalue weighted by Gasteiger charge is 2.14. The van der Waals surface area contributed by atoms with Gasteiger partial charge in [-0.25, -0.2) is 0 Å². The molecule has 2 amide bonds. The molecule has 1 aromatic heterocycles. The molecule has 8 heteroatoms. The van der Waals surface area contributed by atoms with Crippen LogP contribution in [0.25, 0.3) is 0 Å². The van der Waals surface area contributed by atoms with Crippen LogP contribution in [-0.4, -0.2) is 32.3 Å². The van der Waals surface area contributed by atoms with E-state index in [0.717, 1.165) is 28.1 Å². The second kappa shape index (κ2) is 10.3. The van der Waals surface area contributed by atoms with Crippen LogP contribution >= 0.6 is 11.8 Å². The Hall–Kier alpha value is -3.13. The molecular formula is C23H27N5O2S. The largest absolute Gasteiger partial charge is 0.326 e. The van der Waals surface area contributed by atoms with Crippen LogP contribution in [0, 0.1) is 20.8 Å². The number of thioether (sulfide) groups is 1. The summed E-state index contributed by atoms with van der Waals surface area (Å²) in [5.74, 6) is 0.767. The first kappa shape index (κ1) is 22.6. The van der Waals surface area contributed by atoms with Crippen molar-refractivity contribution in [1.29, 1.82) is 0 Å². The molecule has 1 heterocycles. The van der Waals surface area contributed by atoms with E-state index in [1.54, 1.807) is 0 Å². The van der Waals surface area contributed by atoms with Gasteiger partial charge in [0.15, 0.2) is 5.16 Å². The minimum Gasteiger partial charge on any atom is -0.326 e. The van der Waals surface area contributed by atoms with E-state index in [-0.39, 0.29) is 17.6 Å². The molecule has 0 saturated heterocycles. The molecule has 0 aliphatic carbocycles. The zero-order valence-electron chi connectivity index (χ0n) is 18.2. The SMILES string of the molecule is Cc1ccc(NC(=O)CSc2nnc(CCC(=O)Nc3ccccc3C)n2C)c(C)c1. The number of carbonyl (C=O) groups excluding carboxylic acids is 2. The lowest BCUT2D eigenvalue weighted by molar-refractivity contribution is -0.116. The Balaban J connectivity index is 1.50. The van der Waals surface area contributed by atoms with Crippen molar-refractivity contribution in [3.63, 3.8) is 0 Å². The molecule has 2 N–H and O–H groups in total. The summed E-state index contributed by atoms with van der Waals surface area (Å²) >= 11 is 1.32. The summed E-state index contributed by atoms with van der Waals surface area (Å²) in [6, 6.07) is 13.6. The lowest BCUT2D eigenvalue weighted by Gasteiger charge is -2.09. The van der Waals surface area contributed by atoms with E-state index in [1.807, 2.05) is 74.9 Å². The summed E-state index contributed by atoms with van der Waals surface area (Å²) in [5, 5.41) is 14.8. The molecule has 0 radical (unpaired) electrons. The number of hydrogen-bond acceptors (Lipinski definition) is 5. The van der Waals surface area contributed by atoms with Crippen LogP contribution in [0.15, 0.2) is 47.6 Å². The molecule has 0 unspecified atom stereocenters. The summed E-state index contributed by atoms with van der Waals surface area (Å²) in [7, 11) is 1.85. The summed E-state index contributed by atoms with van der Waals surface area (Å²) in [6.07, 6.45) is 0.773. The van der Waals surface area contributed by atoms with E-state index < -0.39 is 0 Å². The Morgan fingerprint density at radius 3 is 2.39 bits per heavy atom. The van der Waals surface area contributed by atoms with Gasteiger partial charge in [-0.2, -0.15) is 0 Å². The molecule has 0 spiro atoms. The fourth-order valence-electron chi connectivity index (χ4n) is 3.11. The second-order valence-corrected chi connectivity index (χ2v) is 8.42. The van der Waals surface area contributed by atoms with Crippen molar-refractivity contribution in [2.45, 2.75) is 38.8 Å². The molecule has 7 nitrogen and oxygen atoms in total. The Morgan fingerprint density at radius 1 is 0.935 bits per heavy atom. The third-order valence-electron chi connectivity index (χ3n) is 4.91. The zero-order valence-corrected chi connectivity index (χ0v) is 19.0. The fraction of sp³-hybridized carbons (Fsp3) is 0.304. The first-order valence-electron chi connectivity index (χ1n) is 10.1. The molecule has 2 aromatic carbocycles. The number of rotatable bonds is 8. The van der Waals surface area contributed by atoms with Gasteiger partial charge in [0, 0.05) is 31.3 Å². The first-order valence-corrected chi connectivity index (χ1v) is 11.1. The number of amides is 2. The van der Waals surface area contributed by atoms with Crippen LogP contribution in [0.2, 0.25) is 0 Å². The maximum atomic E-state index is 12.3. The summed E-state index contributed by atoms with van der Waals surface area (Å²) in [4.78, 5) is 24.6. The van der Waals surface area contributed by atoms with Crippen LogP contribution in [0.3, 0.4) is 0 Å². The van der Waals surface area contributed by atoms with Crippen molar-refractivity contribution in [2.24, 2.45) is 7.05 Å². The van der Waals surface area contributed by atoms with Crippen molar-refractivity contribution < 1.29 is 9.59 Å². The third kappa shape index (κ3) is 6.18. The Kier molecular flexibility index (Phi) is 7.46. The van der Waals surface area contributed by atoms with E-state index >= 15 is 0 Å². The van der Waals surface area contributed by atoms with Crippen LogP contribution in [-0.2, 0) is 23.1 Å². The quantitative estimate of drug-likeness (QED) is 0.519. The fourth-order valence-corrected chi connectivity index (χ4v) is 3.84. The van der Waals surface area contributed by atoms with Gasteiger partial charge in [-0.1, -0.05) is 47.7 Å². The minimum atomic E-state index is -0.0980. The maximum absolute atomic E-state index is 12.3. The second-order valence-electron chi connectivity index (χ2n) is 7.48. The molecule has 3 aromatic rings. The molecule has 0 aliphatic rings. The predicted octanol–water partition coefficient (Wildman–Crippen LogP) is 4.04. The minimum absolute atomic E-state index is 0.0700. The lowest BCUT2D eigenvalue weighted by Crippen LogP contribution is -2.15. The zero-order chi connectivity index (χ0) is 22.4. The van der Waals surface area contributed by atoms with Gasteiger partial charge >= 0.3 is 0 Å². The highest BCUT2D eigenvalue weighted by atomic mass is 32.2. The molecule has 0 aliphatic heterocycles. The molecule has 3 rings (SSSR count). The normalized spacial score (nSPS) is 10.7. The van der Waals surface area contributed by atoms with Crippen molar-refractivity contribution in [2.75, 3.05) is 16.4 Å². The number of hydrogen-bond donors (Lipinski definition) is 2. The number of para-hydroxylation sites is 1. The molecular weight excluding hydrogens is 410 g/mol. The van der Waals surface area contributed by atoms with Gasteiger partial charge in [0.1, 0.15) is 5.82 Å². The van der Waals surface area contributed by atoms with Gasteiger partial charge in [0.25, 0.3) is 0 Å². The molecule has 0 bridgehead atoms. The van der Waals surface area contributed by atoms with Crippen LogP contribution in [0.1, 0.15) is 28.9 Å². The van der Waals surface area contributed by atoms with Gasteiger partial charge < -0.3 is 15.2 Å². The lowest BCUT2D eigenvalue weighted by atomic mass is 10.1. The first-order chi connectivity index (χ1) is 14.8. The van der Waals surface area contributed by atoms with Crippen molar-refractivity contribution in [1.82, 2.24) is 14.8 Å². The standard InChI is InChI=1S/C23H27N5O2S/c1-15-9-10-19(17(3)13-15)25-22(30)14-31-23-27-26-20(28(23)4)11-12-21(29)24-18-8-6-5-7-16(18)2/h5-10,13H,11-12,14H2,1-4H3,(H,24,29)(H,25,30). The number of anilines is 2. The molecule has 0 saturated carbocycles. The Morgan fingerprint density at radius 2 is 1.65 bits per heavy atom. The monoisotopic (exact) mass is 437 g/mol. The number of benzene rings is 2. The van der Waals surface area contributed by atoms with E-state index in [9.17, 15) is 9.59 Å². The summed E-state index contributed by atoms with van der Waals surface area (Å²) in [5.41, 5.74) is 4.84. The van der Waals surface area contributed by atoms with Crippen LogP contribution < -0.4 is 10.6 Å². The van der Waals surface area contributed by atoms with E-state index in [1.165, 1.54) is 11.8 Å². The average Bonchev–Trinajstić information content (AvgIpc) is 3.08. The number of nitrogens with zero attached hydrogens (tertiary/aromatic N) is 3. The predicted molar refractivity (Wildman–Crippen MR) is 124 cm³/mol. The molecule has 0 fully saturated rings. The molecule has 0 atom stereocenters. The van der Waals surface area contributed by atoms with Crippen molar-refractivity contribution >= 4 is 35.0 Å². The number of aromatic nitrogens is 3. The summed E-state index contributed by atoms with van der Waals surface area (Å²) < 4.78 is 1.83. The van der Waals surface area contributed by atoms with Gasteiger partial charge in [-0.3, -0.25) is 9.59 Å². The highest BCUT2D eigenvalue weighted by Crippen LogP contribution is 2.20. The third-order valence-corrected chi connectivity index (χ3v) is 5.93. The van der Waals surface area contributed by atoms with Crippen LogP contribution in [0.5, 0.6) is 0 Å². The summed E-state index contributed by atoms with van der Waals surface area (Å²) in [6.45, 7) is 5.95. The smallest absolute Gasteiger partial charge is 0.234 e. The van der Waals surface area contributed by atoms with E-state index in [0.29, 0.717) is 23.8 Å². The van der Waals surface area contributed by atoms with E-state index in [4.69, 9.17) is 0 Å². The number of aryl methyl sites for hydroxylation is 4. The Bertz CT molecular complexity index is 1090. The molecule has 162 valence electrons. The van der Waals surface area contributed by atoms with Gasteiger partial charge in [-0.15, -0.1) is 10.2 Å². The number of carbonyl (C=O) groups is 2. The highest BCUT2D eigenvalue weighted by molar-refractivity contribution is 7.99. The van der Waals surface area contributed by atoms with Gasteiger partial charge in [0.2, 0.25) is 11.8 Å². The van der Waals surface area contributed by atoms with E-state index in [2.05, 4.69) is 20.8 Å². The van der Waals surface area contributed by atoms with Crippen molar-refractivity contribution in [3.05, 3.63) is 65.0 Å². The van der Waals surface area contributed by atoms with Crippen molar-refractivity contribution in [3.8, 4) is 0 Å². The van der Waals surface area contributed by atoms with Crippen LogP contribution in [0.4, 0.5) is 11.4 Å². The topological polar surface area (TPSA) is 88.9 Å². The van der Waals surface area contributed by atoms with Gasteiger partial charge in [0.05, 0.1) is 5.75 Å². The number of nitrogens with one attached hydrogen (secondary N) is 2. The molecule has 31 heavy (non-hydrogen) atoms. The Labute approximate surface area is 186 Å². The average molecular weight is 438 g/mol. The van der Waals surface area contributed by atoms with Gasteiger partial charge in [-0.05, 0) is 44.0 Å².